The van der Waals surface area contributed by atoms with Crippen LogP contribution >= 0.6 is 0 Å². The SMILES string of the molecule is COc1cc(/C=C2/C(C)=C(CC(=O)NCc3cccn3C)c3cc(F)ccc32)cc(OC)c1OC(=O)N1CCOCC1. The lowest BCUT2D eigenvalue weighted by Gasteiger charge is -2.26. The monoisotopic (exact) mass is 575 g/mol. The molecule has 1 aliphatic heterocycles. The second-order valence-electron chi connectivity index (χ2n) is 10.1. The molecule has 2 aromatic carbocycles. The number of benzene rings is 2. The van der Waals surface area contributed by atoms with E-state index in [4.69, 9.17) is 18.9 Å². The molecular weight excluding hydrogens is 541 g/mol. The van der Waals surface area contributed by atoms with E-state index in [0.29, 0.717) is 55.5 Å². The number of nitrogens with zero attached hydrogens (tertiary/aromatic N) is 2. The summed E-state index contributed by atoms with van der Waals surface area (Å²) in [5.41, 5.74) is 5.67. The summed E-state index contributed by atoms with van der Waals surface area (Å²) in [5.74, 6) is 0.288. The molecule has 10 heteroatoms. The summed E-state index contributed by atoms with van der Waals surface area (Å²) in [5, 5.41) is 2.97. The van der Waals surface area contributed by atoms with Crippen LogP contribution in [0.25, 0.3) is 17.2 Å². The van der Waals surface area contributed by atoms with E-state index in [1.807, 2.05) is 42.9 Å². The van der Waals surface area contributed by atoms with Crippen LogP contribution in [0.15, 0.2) is 54.2 Å². The number of halogens is 1. The van der Waals surface area contributed by atoms with Crippen LogP contribution in [0, 0.1) is 5.82 Å². The average molecular weight is 576 g/mol. The Labute approximate surface area is 244 Å². The molecule has 0 radical (unpaired) electrons. The third-order valence-electron chi connectivity index (χ3n) is 7.56. The zero-order chi connectivity index (χ0) is 29.8. The van der Waals surface area contributed by atoms with E-state index in [0.717, 1.165) is 28.0 Å². The van der Waals surface area contributed by atoms with Gasteiger partial charge in [0, 0.05) is 32.0 Å². The molecule has 0 bridgehead atoms. The standard InChI is InChI=1S/C32H34FN3O6/c1-20-25(14-21-15-28(39-3)31(29(16-21)40-4)42-32(38)36-10-12-41-13-11-36)24-8-7-22(33)17-27(24)26(20)18-30(37)34-19-23-6-5-9-35(23)2/h5-9,14-17H,10-13,18-19H2,1-4H3,(H,34,37)/b25-14-. The highest BCUT2D eigenvalue weighted by atomic mass is 19.1. The number of nitrogens with one attached hydrogen (secondary N) is 1. The molecule has 1 N–H and O–H groups in total. The molecule has 0 unspecified atom stereocenters. The predicted octanol–water partition coefficient (Wildman–Crippen LogP) is 5.05. The Morgan fingerprint density at radius 3 is 2.40 bits per heavy atom. The number of rotatable bonds is 8. The van der Waals surface area contributed by atoms with Crippen molar-refractivity contribution in [2.75, 3.05) is 40.5 Å². The van der Waals surface area contributed by atoms with E-state index >= 15 is 0 Å². The molecule has 5 rings (SSSR count). The van der Waals surface area contributed by atoms with Crippen LogP contribution < -0.4 is 19.5 Å². The third-order valence-corrected chi connectivity index (χ3v) is 7.56. The van der Waals surface area contributed by atoms with Crippen LogP contribution in [0.3, 0.4) is 0 Å². The van der Waals surface area contributed by atoms with Crippen molar-refractivity contribution in [1.82, 2.24) is 14.8 Å². The van der Waals surface area contributed by atoms with Gasteiger partial charge in [0.05, 0.1) is 40.4 Å². The molecule has 1 aromatic heterocycles. The first-order chi connectivity index (χ1) is 20.3. The first-order valence-electron chi connectivity index (χ1n) is 13.7. The summed E-state index contributed by atoms with van der Waals surface area (Å²) in [6.07, 6.45) is 3.44. The second kappa shape index (κ2) is 12.5. The molecule has 1 aliphatic carbocycles. The largest absolute Gasteiger partial charge is 0.493 e. The fourth-order valence-electron chi connectivity index (χ4n) is 5.22. The number of methoxy groups -OCH3 is 2. The molecule has 9 nitrogen and oxygen atoms in total. The topological polar surface area (TPSA) is 91.3 Å². The minimum absolute atomic E-state index is 0.104. The zero-order valence-electron chi connectivity index (χ0n) is 24.2. The number of carbonyl (C=O) groups is 2. The molecular formula is C32H34FN3O6. The van der Waals surface area contributed by atoms with Gasteiger partial charge in [-0.05, 0) is 82.8 Å². The Kier molecular flexibility index (Phi) is 8.63. The number of allylic oxidation sites excluding steroid dienone is 2. The van der Waals surface area contributed by atoms with Crippen LogP contribution in [0.4, 0.5) is 9.18 Å². The van der Waals surface area contributed by atoms with Gasteiger partial charge in [0.15, 0.2) is 11.5 Å². The number of hydrogen-bond acceptors (Lipinski definition) is 6. The fourth-order valence-corrected chi connectivity index (χ4v) is 5.22. The normalized spacial score (nSPS) is 15.5. The van der Waals surface area contributed by atoms with Crippen LogP contribution in [0.1, 0.15) is 35.7 Å². The quantitative estimate of drug-likeness (QED) is 0.405. The number of aromatic nitrogens is 1. The lowest BCUT2D eigenvalue weighted by atomic mass is 10.00. The Morgan fingerprint density at radius 2 is 1.76 bits per heavy atom. The van der Waals surface area contributed by atoms with Gasteiger partial charge < -0.3 is 33.7 Å². The zero-order valence-corrected chi connectivity index (χ0v) is 24.2. The van der Waals surface area contributed by atoms with Crippen molar-refractivity contribution in [3.8, 4) is 17.2 Å². The van der Waals surface area contributed by atoms with Gasteiger partial charge in [0.2, 0.25) is 11.7 Å². The number of morpholine rings is 1. The van der Waals surface area contributed by atoms with Crippen LogP contribution in [-0.4, -0.2) is 62.0 Å². The first kappa shape index (κ1) is 28.9. The van der Waals surface area contributed by atoms with Gasteiger partial charge in [-0.3, -0.25) is 4.79 Å². The molecule has 2 amide bonds. The molecule has 3 aromatic rings. The maximum atomic E-state index is 14.4. The Bertz CT molecular complexity index is 1540. The van der Waals surface area contributed by atoms with E-state index in [9.17, 15) is 14.0 Å². The highest BCUT2D eigenvalue weighted by Gasteiger charge is 2.27. The van der Waals surface area contributed by atoms with Crippen molar-refractivity contribution in [3.63, 3.8) is 0 Å². The summed E-state index contributed by atoms with van der Waals surface area (Å²) in [6, 6.07) is 12.0. The molecule has 220 valence electrons. The number of carbonyl (C=O) groups excluding carboxylic acids is 2. The van der Waals surface area contributed by atoms with Crippen LogP contribution in [0.2, 0.25) is 0 Å². The number of amides is 2. The van der Waals surface area contributed by atoms with Gasteiger partial charge in [-0.15, -0.1) is 0 Å². The molecule has 0 spiro atoms. The molecule has 1 saturated heterocycles. The maximum absolute atomic E-state index is 14.4. The summed E-state index contributed by atoms with van der Waals surface area (Å²) >= 11 is 0. The van der Waals surface area contributed by atoms with E-state index in [1.165, 1.54) is 26.4 Å². The molecule has 0 saturated carbocycles. The Hall–Kier alpha value is -4.57. The smallest absolute Gasteiger partial charge is 0.415 e. The average Bonchev–Trinajstić information content (AvgIpc) is 3.52. The Morgan fingerprint density at radius 1 is 1.05 bits per heavy atom. The number of aryl methyl sites for hydroxylation is 1. The molecule has 2 aliphatic rings. The predicted molar refractivity (Wildman–Crippen MR) is 157 cm³/mol. The lowest BCUT2D eigenvalue weighted by molar-refractivity contribution is -0.120. The van der Waals surface area contributed by atoms with Crippen molar-refractivity contribution in [3.05, 3.63) is 82.4 Å². The highest BCUT2D eigenvalue weighted by molar-refractivity contribution is 6.08. The van der Waals surface area contributed by atoms with Crippen molar-refractivity contribution in [1.29, 1.82) is 0 Å². The van der Waals surface area contributed by atoms with Crippen molar-refractivity contribution >= 4 is 29.2 Å². The molecule has 1 fully saturated rings. The fraction of sp³-hybridized carbons (Fsp3) is 0.312. The Balaban J connectivity index is 1.45. The second-order valence-corrected chi connectivity index (χ2v) is 10.1. The first-order valence-corrected chi connectivity index (χ1v) is 13.7. The van der Waals surface area contributed by atoms with Gasteiger partial charge in [0.1, 0.15) is 5.82 Å². The lowest BCUT2D eigenvalue weighted by Crippen LogP contribution is -2.42. The number of ether oxygens (including phenoxy) is 4. The van der Waals surface area contributed by atoms with Crippen molar-refractivity contribution < 1.29 is 32.9 Å². The molecule has 42 heavy (non-hydrogen) atoms. The molecule has 0 atom stereocenters. The van der Waals surface area contributed by atoms with E-state index < -0.39 is 6.09 Å². The van der Waals surface area contributed by atoms with Crippen molar-refractivity contribution in [2.45, 2.75) is 19.9 Å². The summed E-state index contributed by atoms with van der Waals surface area (Å²) in [6.45, 7) is 4.10. The van der Waals surface area contributed by atoms with Gasteiger partial charge >= 0.3 is 6.09 Å². The maximum Gasteiger partial charge on any atom is 0.415 e. The van der Waals surface area contributed by atoms with Crippen molar-refractivity contribution in [2.24, 2.45) is 7.05 Å². The van der Waals surface area contributed by atoms with Gasteiger partial charge in [0.25, 0.3) is 0 Å². The van der Waals surface area contributed by atoms with Gasteiger partial charge in [-0.2, -0.15) is 0 Å². The number of hydrogen-bond donors (Lipinski definition) is 1. The number of fused-ring (bicyclic) bond motifs is 1. The minimum Gasteiger partial charge on any atom is -0.493 e. The van der Waals surface area contributed by atoms with Gasteiger partial charge in [-0.25, -0.2) is 9.18 Å². The van der Waals surface area contributed by atoms with E-state index in [-0.39, 0.29) is 23.9 Å². The van der Waals surface area contributed by atoms with E-state index in [1.54, 1.807) is 23.1 Å². The van der Waals surface area contributed by atoms with Crippen LogP contribution in [-0.2, 0) is 23.1 Å². The minimum atomic E-state index is -0.512. The summed E-state index contributed by atoms with van der Waals surface area (Å²) in [4.78, 5) is 27.3. The van der Waals surface area contributed by atoms with Gasteiger partial charge in [-0.1, -0.05) is 6.07 Å². The van der Waals surface area contributed by atoms with Crippen LogP contribution in [0.5, 0.6) is 17.2 Å². The van der Waals surface area contributed by atoms with E-state index in [2.05, 4.69) is 5.32 Å². The summed E-state index contributed by atoms with van der Waals surface area (Å²) in [7, 11) is 4.90. The third kappa shape index (κ3) is 6.03. The summed E-state index contributed by atoms with van der Waals surface area (Å²) < 4.78 is 38.5. The highest BCUT2D eigenvalue weighted by Crippen LogP contribution is 2.45. The molecule has 2 heterocycles.